The molecule has 1 aliphatic carbocycles. The maximum absolute atomic E-state index is 12.5. The molecule has 1 aromatic carbocycles. The second kappa shape index (κ2) is 12.7. The van der Waals surface area contributed by atoms with Crippen LogP contribution in [0.5, 0.6) is 0 Å². The number of nitriles is 1. The molecule has 1 saturated carbocycles. The number of hydrogen-bond acceptors (Lipinski definition) is 6. The lowest BCUT2D eigenvalue weighted by molar-refractivity contribution is 0.214. The molecule has 0 spiro atoms. The van der Waals surface area contributed by atoms with Gasteiger partial charge in [-0.25, -0.2) is 4.98 Å². The van der Waals surface area contributed by atoms with Gasteiger partial charge in [0.2, 0.25) is 0 Å². The lowest BCUT2D eigenvalue weighted by Crippen LogP contribution is -2.42. The van der Waals surface area contributed by atoms with Crippen LogP contribution in [0.3, 0.4) is 0 Å². The summed E-state index contributed by atoms with van der Waals surface area (Å²) in [5, 5.41) is 15.2. The van der Waals surface area contributed by atoms with Crippen LogP contribution in [-0.4, -0.2) is 47.6 Å². The van der Waals surface area contributed by atoms with Gasteiger partial charge in [-0.2, -0.15) is 5.26 Å². The summed E-state index contributed by atoms with van der Waals surface area (Å²) in [6.45, 7) is 11.3. The van der Waals surface area contributed by atoms with Gasteiger partial charge in [-0.05, 0) is 90.4 Å². The molecular weight excluding hydrogens is 460 g/mol. The number of rotatable bonds is 7. The van der Waals surface area contributed by atoms with Crippen LogP contribution < -0.4 is 15.8 Å². The Morgan fingerprint density at radius 2 is 1.76 bits per heavy atom. The van der Waals surface area contributed by atoms with E-state index < -0.39 is 0 Å². The number of aromatic nitrogens is 2. The topological polar surface area (TPSA) is 88.0 Å². The molecule has 2 N–H and O–H groups in total. The Morgan fingerprint density at radius 1 is 1.08 bits per heavy atom. The highest BCUT2D eigenvalue weighted by Gasteiger charge is 2.27. The van der Waals surface area contributed by atoms with Gasteiger partial charge in [0.25, 0.3) is 5.56 Å². The van der Waals surface area contributed by atoms with E-state index in [1.165, 1.54) is 12.8 Å². The molecule has 198 valence electrons. The fourth-order valence-electron chi connectivity index (χ4n) is 5.49. The number of benzene rings is 1. The van der Waals surface area contributed by atoms with E-state index in [9.17, 15) is 10.1 Å². The molecule has 2 heterocycles. The molecule has 3 aromatic rings. The number of fused-ring (bicyclic) bond motifs is 1. The van der Waals surface area contributed by atoms with Crippen molar-refractivity contribution in [3.63, 3.8) is 0 Å². The average Bonchev–Trinajstić information content (AvgIpc) is 2.90. The van der Waals surface area contributed by atoms with E-state index in [4.69, 9.17) is 0 Å². The smallest absolute Gasteiger partial charge is 0.253 e. The van der Waals surface area contributed by atoms with Gasteiger partial charge in [-0.1, -0.05) is 13.8 Å². The second-order valence-corrected chi connectivity index (χ2v) is 9.87. The lowest BCUT2D eigenvalue weighted by Gasteiger charge is -2.40. The van der Waals surface area contributed by atoms with E-state index in [-0.39, 0.29) is 5.56 Å². The molecular formula is C30H42N6O. The average molecular weight is 503 g/mol. The van der Waals surface area contributed by atoms with E-state index in [1.54, 1.807) is 0 Å². The Balaban J connectivity index is 0.00000186. The van der Waals surface area contributed by atoms with Gasteiger partial charge in [0.15, 0.2) is 0 Å². The minimum Gasteiger partial charge on any atom is -0.368 e. The van der Waals surface area contributed by atoms with Gasteiger partial charge < -0.3 is 20.1 Å². The number of aromatic amines is 1. The fourth-order valence-corrected chi connectivity index (χ4v) is 5.49. The molecule has 4 rings (SSSR count). The van der Waals surface area contributed by atoms with Crippen LogP contribution in [0.4, 0.5) is 11.5 Å². The van der Waals surface area contributed by atoms with E-state index in [0.29, 0.717) is 35.6 Å². The van der Waals surface area contributed by atoms with Crippen LogP contribution in [0.2, 0.25) is 0 Å². The predicted molar refractivity (Wildman–Crippen MR) is 154 cm³/mol. The minimum atomic E-state index is -0.0841. The summed E-state index contributed by atoms with van der Waals surface area (Å²) < 4.78 is 0. The van der Waals surface area contributed by atoms with Crippen LogP contribution in [0, 0.1) is 25.2 Å². The maximum Gasteiger partial charge on any atom is 0.253 e. The van der Waals surface area contributed by atoms with Crippen molar-refractivity contribution in [3.8, 4) is 6.07 Å². The summed E-state index contributed by atoms with van der Waals surface area (Å²) in [6, 6.07) is 11.4. The highest BCUT2D eigenvalue weighted by Crippen LogP contribution is 2.36. The Labute approximate surface area is 221 Å². The SMILES string of the molecule is CC.CCN(c1cc(C#N)cc2c(NCc3c(C)cc(C)[nH]c3=O)nccc12)C1CCC(N(C)C)CC1. The van der Waals surface area contributed by atoms with Gasteiger partial charge >= 0.3 is 0 Å². The Morgan fingerprint density at radius 3 is 2.35 bits per heavy atom. The van der Waals surface area contributed by atoms with Gasteiger partial charge in [0.05, 0.1) is 11.6 Å². The molecule has 1 aliphatic rings. The number of H-pyrrole nitrogens is 1. The first-order chi connectivity index (χ1) is 17.8. The molecule has 2 aromatic heterocycles. The Hall–Kier alpha value is -3.37. The van der Waals surface area contributed by atoms with Crippen molar-refractivity contribution in [1.82, 2.24) is 14.9 Å². The van der Waals surface area contributed by atoms with Crippen LogP contribution in [0.1, 0.15) is 68.8 Å². The van der Waals surface area contributed by atoms with Crippen LogP contribution >= 0.6 is 0 Å². The van der Waals surface area contributed by atoms with Gasteiger partial charge in [-0.3, -0.25) is 4.79 Å². The summed E-state index contributed by atoms with van der Waals surface area (Å²) in [4.78, 5) is 24.8. The highest BCUT2D eigenvalue weighted by atomic mass is 16.1. The van der Waals surface area contributed by atoms with Crippen LogP contribution in [0.15, 0.2) is 35.3 Å². The molecule has 0 unspecified atom stereocenters. The largest absolute Gasteiger partial charge is 0.368 e. The fraction of sp³-hybridized carbons (Fsp3) is 0.500. The Kier molecular flexibility index (Phi) is 9.71. The first-order valence-corrected chi connectivity index (χ1v) is 13.5. The van der Waals surface area contributed by atoms with E-state index in [1.807, 2.05) is 58.2 Å². The van der Waals surface area contributed by atoms with E-state index in [0.717, 1.165) is 47.1 Å². The number of pyridine rings is 2. The summed E-state index contributed by atoms with van der Waals surface area (Å²) in [5.41, 5.74) is 4.11. The number of nitrogens with one attached hydrogen (secondary N) is 2. The zero-order chi connectivity index (χ0) is 27.1. The monoisotopic (exact) mass is 502 g/mol. The van der Waals surface area contributed by atoms with Crippen LogP contribution in [0.25, 0.3) is 10.8 Å². The van der Waals surface area contributed by atoms with Crippen LogP contribution in [-0.2, 0) is 6.54 Å². The molecule has 0 amide bonds. The molecule has 0 bridgehead atoms. The molecule has 37 heavy (non-hydrogen) atoms. The molecule has 0 radical (unpaired) electrons. The third-order valence-corrected chi connectivity index (χ3v) is 7.40. The molecule has 0 aliphatic heterocycles. The molecule has 0 saturated heterocycles. The minimum absolute atomic E-state index is 0.0841. The first-order valence-electron chi connectivity index (χ1n) is 13.5. The van der Waals surface area contributed by atoms with Crippen molar-refractivity contribution in [2.24, 2.45) is 0 Å². The van der Waals surface area contributed by atoms with Gasteiger partial charge in [0.1, 0.15) is 5.82 Å². The third-order valence-electron chi connectivity index (χ3n) is 7.40. The third kappa shape index (κ3) is 6.31. The first kappa shape index (κ1) is 28.2. The van der Waals surface area contributed by atoms with Gasteiger partial charge in [0, 0.05) is 59.1 Å². The molecule has 0 atom stereocenters. The molecule has 7 heteroatoms. The quantitative estimate of drug-likeness (QED) is 0.428. The second-order valence-electron chi connectivity index (χ2n) is 9.87. The van der Waals surface area contributed by atoms with Crippen molar-refractivity contribution in [2.75, 3.05) is 30.9 Å². The van der Waals surface area contributed by atoms with E-state index >= 15 is 0 Å². The van der Waals surface area contributed by atoms with Gasteiger partial charge in [-0.15, -0.1) is 0 Å². The number of hydrogen-bond donors (Lipinski definition) is 2. The maximum atomic E-state index is 12.5. The number of nitrogens with zero attached hydrogens (tertiary/aromatic N) is 4. The normalized spacial score (nSPS) is 17.2. The summed E-state index contributed by atoms with van der Waals surface area (Å²) in [6.07, 6.45) is 6.45. The molecule has 7 nitrogen and oxygen atoms in total. The zero-order valence-electron chi connectivity index (χ0n) is 23.5. The summed E-state index contributed by atoms with van der Waals surface area (Å²) in [7, 11) is 4.33. The van der Waals surface area contributed by atoms with E-state index in [2.05, 4.69) is 52.2 Å². The summed E-state index contributed by atoms with van der Waals surface area (Å²) in [5.74, 6) is 0.688. The Bertz CT molecular complexity index is 1300. The van der Waals surface area contributed by atoms with Crippen molar-refractivity contribution < 1.29 is 0 Å². The van der Waals surface area contributed by atoms with Crippen molar-refractivity contribution in [1.29, 1.82) is 5.26 Å². The number of aryl methyl sites for hydroxylation is 2. The number of anilines is 2. The summed E-state index contributed by atoms with van der Waals surface area (Å²) >= 11 is 0. The predicted octanol–water partition coefficient (Wildman–Crippen LogP) is 5.75. The lowest BCUT2D eigenvalue weighted by atomic mass is 9.89. The van der Waals surface area contributed by atoms with Crippen molar-refractivity contribution in [3.05, 3.63) is 63.2 Å². The highest BCUT2D eigenvalue weighted by molar-refractivity contribution is 6.01. The van der Waals surface area contributed by atoms with Crippen molar-refractivity contribution in [2.45, 2.75) is 78.9 Å². The molecule has 1 fully saturated rings. The standard InChI is InChI=1S/C28H36N6O.C2H6/c1-6-34(22-9-7-21(8-10-22)33(4)5)26-15-20(16-29)14-24-23(26)11-12-30-27(24)31-17-25-18(2)13-19(3)32-28(25)35;1-2/h11-15,21-22H,6-10,17H2,1-5H3,(H,30,31)(H,32,35);1-2H3. The zero-order valence-corrected chi connectivity index (χ0v) is 23.5. The van der Waals surface area contributed by atoms with Crippen molar-refractivity contribution >= 4 is 22.3 Å².